The van der Waals surface area contributed by atoms with Crippen molar-refractivity contribution in [3.05, 3.63) is 29.8 Å². The molecule has 0 bridgehead atoms. The lowest BCUT2D eigenvalue weighted by Crippen LogP contribution is -2.39. The van der Waals surface area contributed by atoms with E-state index in [1.54, 1.807) is 19.1 Å². The summed E-state index contributed by atoms with van der Waals surface area (Å²) in [5, 5.41) is 2.74. The van der Waals surface area contributed by atoms with Gasteiger partial charge in [-0.25, -0.2) is 13.1 Å². The van der Waals surface area contributed by atoms with Crippen LogP contribution < -0.4 is 15.8 Å². The number of nitrogens with one attached hydrogen (secondary N) is 2. The maximum atomic E-state index is 11.6. The molecule has 0 aromatic heterocycles. The zero-order valence-electron chi connectivity index (χ0n) is 11.2. The summed E-state index contributed by atoms with van der Waals surface area (Å²) in [4.78, 5) is 11.6. The molecule has 4 N–H and O–H groups in total. The predicted octanol–water partition coefficient (Wildman–Crippen LogP) is 0.119. The Kier molecular flexibility index (Phi) is 5.04. The van der Waals surface area contributed by atoms with Gasteiger partial charge in [-0.1, -0.05) is 12.1 Å². The molecule has 0 saturated heterocycles. The maximum Gasteiger partial charge on any atom is 0.240 e. The second-order valence-corrected chi connectivity index (χ2v) is 6.18. The molecule has 0 heterocycles. The second-order valence-electron chi connectivity index (χ2n) is 4.30. The molecule has 106 valence electrons. The smallest absolute Gasteiger partial charge is 0.240 e. The molecule has 1 unspecified atom stereocenters. The quantitative estimate of drug-likeness (QED) is 0.715. The average Bonchev–Trinajstić information content (AvgIpc) is 2.38. The second kappa shape index (κ2) is 6.14. The van der Waals surface area contributed by atoms with Gasteiger partial charge in [0.25, 0.3) is 0 Å². The first kappa shape index (κ1) is 15.6. The summed E-state index contributed by atoms with van der Waals surface area (Å²) in [5.74, 6) is -0.251. The fraction of sp³-hybridized carbons (Fsp3) is 0.417. The molecule has 0 aliphatic rings. The van der Waals surface area contributed by atoms with Gasteiger partial charge < -0.3 is 11.1 Å². The number of nitrogens with two attached hydrogens (primary N) is 1. The van der Waals surface area contributed by atoms with Gasteiger partial charge in [0.05, 0.1) is 17.0 Å². The van der Waals surface area contributed by atoms with E-state index in [4.69, 9.17) is 5.73 Å². The molecular formula is C12H19N3O3S. The Balaban J connectivity index is 2.85. The van der Waals surface area contributed by atoms with Crippen LogP contribution in [0, 0.1) is 0 Å². The molecule has 1 amide bonds. The standard InChI is InChI=1S/C12H19N3O3S/c1-8(13)12(16)15-9(2)10-4-6-11(7-5-10)19(17,18)14-3/h4-9,14H,13H2,1-3H3,(H,15,16)/t8-,9?/m1/s1. The van der Waals surface area contributed by atoms with Gasteiger partial charge in [-0.2, -0.15) is 0 Å². The minimum Gasteiger partial charge on any atom is -0.348 e. The molecule has 19 heavy (non-hydrogen) atoms. The van der Waals surface area contributed by atoms with Gasteiger partial charge >= 0.3 is 0 Å². The van der Waals surface area contributed by atoms with Crippen molar-refractivity contribution in [2.24, 2.45) is 5.73 Å². The summed E-state index contributed by atoms with van der Waals surface area (Å²) in [6.45, 7) is 3.41. The summed E-state index contributed by atoms with van der Waals surface area (Å²) in [6, 6.07) is 5.51. The van der Waals surface area contributed by atoms with Gasteiger partial charge in [0.1, 0.15) is 0 Å². The molecule has 2 atom stereocenters. The average molecular weight is 285 g/mol. The number of amides is 1. The number of sulfonamides is 1. The van der Waals surface area contributed by atoms with Crippen LogP contribution in [0.25, 0.3) is 0 Å². The number of rotatable bonds is 5. The van der Waals surface area contributed by atoms with Crippen LogP contribution in [-0.2, 0) is 14.8 Å². The minimum atomic E-state index is -3.43. The predicted molar refractivity (Wildman–Crippen MR) is 72.9 cm³/mol. The molecule has 1 aromatic rings. The Morgan fingerprint density at radius 3 is 2.16 bits per heavy atom. The third-order valence-corrected chi connectivity index (χ3v) is 4.16. The Labute approximate surface area is 113 Å². The van der Waals surface area contributed by atoms with Crippen molar-refractivity contribution in [3.63, 3.8) is 0 Å². The highest BCUT2D eigenvalue weighted by Crippen LogP contribution is 2.16. The minimum absolute atomic E-state index is 0.185. The first-order valence-corrected chi connectivity index (χ1v) is 7.35. The van der Waals surface area contributed by atoms with E-state index in [1.807, 2.05) is 6.92 Å². The van der Waals surface area contributed by atoms with Crippen LogP contribution in [0.2, 0.25) is 0 Å². The van der Waals surface area contributed by atoms with E-state index in [9.17, 15) is 13.2 Å². The van der Waals surface area contributed by atoms with Gasteiger partial charge in [0.15, 0.2) is 0 Å². The van der Waals surface area contributed by atoms with E-state index in [0.29, 0.717) is 0 Å². The first-order chi connectivity index (χ1) is 8.77. The van der Waals surface area contributed by atoms with Crippen LogP contribution in [0.15, 0.2) is 29.2 Å². The van der Waals surface area contributed by atoms with Crippen molar-refractivity contribution in [3.8, 4) is 0 Å². The Morgan fingerprint density at radius 1 is 1.21 bits per heavy atom. The summed E-state index contributed by atoms with van der Waals surface area (Å²) >= 11 is 0. The number of hydrogen-bond donors (Lipinski definition) is 3. The highest BCUT2D eigenvalue weighted by Gasteiger charge is 2.14. The lowest BCUT2D eigenvalue weighted by atomic mass is 10.1. The van der Waals surface area contributed by atoms with E-state index in [1.165, 1.54) is 19.2 Å². The third-order valence-electron chi connectivity index (χ3n) is 2.73. The lowest BCUT2D eigenvalue weighted by Gasteiger charge is -2.16. The first-order valence-electron chi connectivity index (χ1n) is 5.87. The van der Waals surface area contributed by atoms with Crippen molar-refractivity contribution < 1.29 is 13.2 Å². The Bertz CT molecular complexity index is 538. The van der Waals surface area contributed by atoms with Crippen LogP contribution in [0.3, 0.4) is 0 Å². The molecule has 0 aliphatic heterocycles. The van der Waals surface area contributed by atoms with Gasteiger partial charge in [0, 0.05) is 0 Å². The zero-order chi connectivity index (χ0) is 14.6. The summed E-state index contributed by atoms with van der Waals surface area (Å²) in [5.41, 5.74) is 6.27. The molecular weight excluding hydrogens is 266 g/mol. The van der Waals surface area contributed by atoms with Gasteiger partial charge in [-0.15, -0.1) is 0 Å². The van der Waals surface area contributed by atoms with E-state index >= 15 is 0 Å². The van der Waals surface area contributed by atoms with E-state index in [0.717, 1.165) is 5.56 Å². The lowest BCUT2D eigenvalue weighted by molar-refractivity contribution is -0.122. The molecule has 6 nitrogen and oxygen atoms in total. The van der Waals surface area contributed by atoms with Crippen molar-refractivity contribution >= 4 is 15.9 Å². The van der Waals surface area contributed by atoms with Crippen molar-refractivity contribution in [2.45, 2.75) is 30.8 Å². The molecule has 0 aliphatic carbocycles. The summed E-state index contributed by atoms with van der Waals surface area (Å²) in [6.07, 6.45) is 0. The van der Waals surface area contributed by atoms with Crippen molar-refractivity contribution in [2.75, 3.05) is 7.05 Å². The molecule has 1 rings (SSSR count). The van der Waals surface area contributed by atoms with Gasteiger partial charge in [-0.05, 0) is 38.6 Å². The molecule has 0 radical (unpaired) electrons. The monoisotopic (exact) mass is 285 g/mol. The molecule has 0 saturated carbocycles. The largest absolute Gasteiger partial charge is 0.348 e. The maximum absolute atomic E-state index is 11.6. The van der Waals surface area contributed by atoms with Crippen LogP contribution in [0.5, 0.6) is 0 Å². The highest BCUT2D eigenvalue weighted by atomic mass is 32.2. The normalized spacial score (nSPS) is 14.7. The number of benzene rings is 1. The molecule has 1 aromatic carbocycles. The third kappa shape index (κ3) is 4.02. The fourth-order valence-electron chi connectivity index (χ4n) is 1.48. The Morgan fingerprint density at radius 2 is 1.74 bits per heavy atom. The molecule has 0 fully saturated rings. The van der Waals surface area contributed by atoms with Crippen molar-refractivity contribution in [1.29, 1.82) is 0 Å². The summed E-state index contributed by atoms with van der Waals surface area (Å²) in [7, 11) is -2.08. The number of carbonyl (C=O) groups is 1. The van der Waals surface area contributed by atoms with Crippen LogP contribution in [0.4, 0.5) is 0 Å². The Hall–Kier alpha value is -1.44. The van der Waals surface area contributed by atoms with Crippen LogP contribution >= 0.6 is 0 Å². The van der Waals surface area contributed by atoms with Gasteiger partial charge in [-0.3, -0.25) is 4.79 Å². The summed E-state index contributed by atoms with van der Waals surface area (Å²) < 4.78 is 25.3. The fourth-order valence-corrected chi connectivity index (χ4v) is 2.21. The van der Waals surface area contributed by atoms with Crippen LogP contribution in [-0.4, -0.2) is 27.4 Å². The number of carbonyl (C=O) groups excluding carboxylic acids is 1. The van der Waals surface area contributed by atoms with E-state index in [2.05, 4.69) is 10.0 Å². The van der Waals surface area contributed by atoms with Gasteiger partial charge in [0.2, 0.25) is 15.9 Å². The van der Waals surface area contributed by atoms with E-state index in [-0.39, 0.29) is 16.8 Å². The van der Waals surface area contributed by atoms with Crippen molar-refractivity contribution in [1.82, 2.24) is 10.0 Å². The van der Waals surface area contributed by atoms with Crippen LogP contribution in [0.1, 0.15) is 25.5 Å². The van der Waals surface area contributed by atoms with E-state index < -0.39 is 16.1 Å². The SMILES string of the molecule is CNS(=O)(=O)c1ccc(C(C)NC(=O)[C@@H](C)N)cc1. The molecule has 7 heteroatoms. The molecule has 0 spiro atoms. The topological polar surface area (TPSA) is 101 Å². The highest BCUT2D eigenvalue weighted by molar-refractivity contribution is 7.89. The number of hydrogen-bond acceptors (Lipinski definition) is 4. The zero-order valence-corrected chi connectivity index (χ0v) is 12.0.